The van der Waals surface area contributed by atoms with E-state index in [1.54, 1.807) is 16.2 Å². The first-order valence-corrected chi connectivity index (χ1v) is 7.37. The lowest BCUT2D eigenvalue weighted by Crippen LogP contribution is -2.32. The number of hydrogen-bond donors (Lipinski definition) is 1. The van der Waals surface area contributed by atoms with Gasteiger partial charge in [-0.05, 0) is 48.0 Å². The zero-order valence-corrected chi connectivity index (χ0v) is 14.0. The van der Waals surface area contributed by atoms with E-state index in [1.807, 2.05) is 14.1 Å². The Morgan fingerprint density at radius 3 is 2.78 bits per heavy atom. The molecule has 1 N–H and O–H groups in total. The van der Waals surface area contributed by atoms with Crippen molar-refractivity contribution in [2.24, 2.45) is 0 Å². The first-order valence-electron chi connectivity index (χ1n) is 5.76. The van der Waals surface area contributed by atoms with E-state index in [-0.39, 0.29) is 18.3 Å². The number of nitrogens with one attached hydrogen (secondary N) is 1. The monoisotopic (exact) mass is 354 g/mol. The van der Waals surface area contributed by atoms with Crippen LogP contribution in [0.4, 0.5) is 0 Å². The average molecular weight is 356 g/mol. The minimum atomic E-state index is 0. The Morgan fingerprint density at radius 1 is 1.50 bits per heavy atom. The van der Waals surface area contributed by atoms with Crippen LogP contribution in [0, 0.1) is 0 Å². The Hall–Kier alpha value is -0.100. The number of nitrogens with zero attached hydrogens (tertiary/aromatic N) is 1. The molecule has 0 fully saturated rings. The van der Waals surface area contributed by atoms with E-state index in [1.165, 1.54) is 4.88 Å². The third-order valence-corrected chi connectivity index (χ3v) is 4.25. The summed E-state index contributed by atoms with van der Waals surface area (Å²) in [4.78, 5) is 14.9. The molecule has 1 aromatic heterocycles. The van der Waals surface area contributed by atoms with Crippen LogP contribution in [0.2, 0.25) is 0 Å². The molecule has 1 rings (SSSR count). The molecule has 3 nitrogen and oxygen atoms in total. The van der Waals surface area contributed by atoms with Gasteiger partial charge in [0.2, 0.25) is 5.91 Å². The summed E-state index contributed by atoms with van der Waals surface area (Å²) in [5.41, 5.74) is 0. The van der Waals surface area contributed by atoms with Crippen LogP contribution < -0.4 is 5.32 Å². The van der Waals surface area contributed by atoms with Crippen molar-refractivity contribution in [2.75, 3.05) is 27.2 Å². The van der Waals surface area contributed by atoms with Crippen molar-refractivity contribution in [1.82, 2.24) is 10.2 Å². The lowest BCUT2D eigenvalue weighted by Gasteiger charge is -2.16. The van der Waals surface area contributed by atoms with E-state index in [9.17, 15) is 4.79 Å². The van der Waals surface area contributed by atoms with Crippen LogP contribution in [0.15, 0.2) is 15.9 Å². The van der Waals surface area contributed by atoms with Gasteiger partial charge in [0.15, 0.2) is 0 Å². The smallest absolute Gasteiger partial charge is 0.222 e. The number of amides is 1. The molecule has 104 valence electrons. The second-order valence-electron chi connectivity index (χ2n) is 3.98. The van der Waals surface area contributed by atoms with Crippen molar-refractivity contribution in [1.29, 1.82) is 0 Å². The van der Waals surface area contributed by atoms with Gasteiger partial charge >= 0.3 is 0 Å². The molecule has 1 aromatic rings. The maximum absolute atomic E-state index is 11.7. The molecule has 1 heterocycles. The van der Waals surface area contributed by atoms with E-state index >= 15 is 0 Å². The van der Waals surface area contributed by atoms with E-state index in [2.05, 4.69) is 33.4 Å². The topological polar surface area (TPSA) is 32.3 Å². The Kier molecular flexibility index (Phi) is 9.73. The van der Waals surface area contributed by atoms with Crippen molar-refractivity contribution < 1.29 is 4.79 Å². The fraction of sp³-hybridized carbons (Fsp3) is 0.583. The van der Waals surface area contributed by atoms with Crippen LogP contribution in [0.3, 0.4) is 0 Å². The minimum absolute atomic E-state index is 0. The molecule has 0 saturated carbocycles. The van der Waals surface area contributed by atoms with Crippen LogP contribution in [0.5, 0.6) is 0 Å². The van der Waals surface area contributed by atoms with E-state index < -0.39 is 0 Å². The molecule has 6 heteroatoms. The summed E-state index contributed by atoms with van der Waals surface area (Å²) in [5.74, 6) is 0.232. The SMILES string of the molecule is CNCCN(C)C(=O)CCCc1ccc(Br)s1.Cl. The van der Waals surface area contributed by atoms with Crippen molar-refractivity contribution in [3.05, 3.63) is 20.8 Å². The molecular weight excluding hydrogens is 336 g/mol. The van der Waals surface area contributed by atoms with Crippen molar-refractivity contribution in [3.8, 4) is 0 Å². The summed E-state index contributed by atoms with van der Waals surface area (Å²) in [5, 5.41) is 3.04. The van der Waals surface area contributed by atoms with Gasteiger partial charge in [0.25, 0.3) is 0 Å². The van der Waals surface area contributed by atoms with E-state index in [0.29, 0.717) is 6.42 Å². The number of carbonyl (C=O) groups is 1. The molecule has 0 unspecified atom stereocenters. The highest BCUT2D eigenvalue weighted by Crippen LogP contribution is 2.23. The summed E-state index contributed by atoms with van der Waals surface area (Å²) in [6, 6.07) is 4.17. The number of hydrogen-bond acceptors (Lipinski definition) is 3. The predicted molar refractivity (Wildman–Crippen MR) is 83.8 cm³/mol. The van der Waals surface area contributed by atoms with Gasteiger partial charge < -0.3 is 10.2 Å². The van der Waals surface area contributed by atoms with Crippen LogP contribution in [-0.4, -0.2) is 38.0 Å². The number of thiophene rings is 1. The van der Waals surface area contributed by atoms with Gasteiger partial charge in [0.05, 0.1) is 3.79 Å². The molecule has 0 spiro atoms. The van der Waals surface area contributed by atoms with Crippen molar-refractivity contribution in [2.45, 2.75) is 19.3 Å². The Bertz CT molecular complexity index is 360. The highest BCUT2D eigenvalue weighted by molar-refractivity contribution is 9.11. The Labute approximate surface area is 127 Å². The van der Waals surface area contributed by atoms with E-state index in [0.717, 1.165) is 29.7 Å². The third-order valence-electron chi connectivity index (χ3n) is 2.57. The maximum Gasteiger partial charge on any atom is 0.222 e. The summed E-state index contributed by atoms with van der Waals surface area (Å²) in [6.45, 7) is 1.62. The number of aryl methyl sites for hydroxylation is 1. The van der Waals surface area contributed by atoms with Gasteiger partial charge in [-0.25, -0.2) is 0 Å². The van der Waals surface area contributed by atoms with Gasteiger partial charge in [-0.15, -0.1) is 23.7 Å². The van der Waals surface area contributed by atoms with Gasteiger partial charge in [-0.1, -0.05) is 0 Å². The van der Waals surface area contributed by atoms with Crippen molar-refractivity contribution >= 4 is 45.6 Å². The standard InChI is InChI=1S/C12H19BrN2OS.ClH/c1-14-8-9-15(2)12(16)5-3-4-10-6-7-11(13)17-10;/h6-7,14H,3-5,8-9H2,1-2H3;1H. The van der Waals surface area contributed by atoms with Crippen LogP contribution >= 0.6 is 39.7 Å². The molecule has 0 saturated heterocycles. The highest BCUT2D eigenvalue weighted by atomic mass is 79.9. The molecule has 0 aliphatic carbocycles. The van der Waals surface area contributed by atoms with Gasteiger partial charge in [0.1, 0.15) is 0 Å². The Balaban J connectivity index is 0.00000289. The van der Waals surface area contributed by atoms with Crippen molar-refractivity contribution in [3.63, 3.8) is 0 Å². The van der Waals surface area contributed by atoms with Gasteiger partial charge in [0, 0.05) is 31.4 Å². The van der Waals surface area contributed by atoms with Crippen LogP contribution in [-0.2, 0) is 11.2 Å². The molecule has 18 heavy (non-hydrogen) atoms. The number of halogens is 2. The normalized spacial score (nSPS) is 9.94. The summed E-state index contributed by atoms with van der Waals surface area (Å²) in [6.07, 6.45) is 2.55. The summed E-state index contributed by atoms with van der Waals surface area (Å²) < 4.78 is 1.16. The summed E-state index contributed by atoms with van der Waals surface area (Å²) in [7, 11) is 3.76. The first-order chi connectivity index (χ1) is 8.13. The van der Waals surface area contributed by atoms with Gasteiger partial charge in [-0.3, -0.25) is 4.79 Å². The number of rotatable bonds is 7. The molecule has 0 aromatic carbocycles. The fourth-order valence-corrected chi connectivity index (χ4v) is 3.02. The van der Waals surface area contributed by atoms with E-state index in [4.69, 9.17) is 0 Å². The predicted octanol–water partition coefficient (Wildman–Crippen LogP) is 2.93. The number of carbonyl (C=O) groups excluding carboxylic acids is 1. The highest BCUT2D eigenvalue weighted by Gasteiger charge is 2.07. The zero-order chi connectivity index (χ0) is 12.7. The fourth-order valence-electron chi connectivity index (χ4n) is 1.50. The molecule has 0 aliphatic rings. The second kappa shape index (κ2) is 9.78. The molecule has 0 radical (unpaired) electrons. The largest absolute Gasteiger partial charge is 0.344 e. The van der Waals surface area contributed by atoms with Crippen LogP contribution in [0.1, 0.15) is 17.7 Å². The number of likely N-dealkylation sites (N-methyl/N-ethyl adjacent to an activating group) is 2. The molecule has 0 bridgehead atoms. The summed E-state index contributed by atoms with van der Waals surface area (Å²) >= 11 is 5.18. The van der Waals surface area contributed by atoms with Gasteiger partial charge in [-0.2, -0.15) is 0 Å². The lowest BCUT2D eigenvalue weighted by atomic mass is 10.2. The van der Waals surface area contributed by atoms with Crippen LogP contribution in [0.25, 0.3) is 0 Å². The third kappa shape index (κ3) is 6.73. The Morgan fingerprint density at radius 2 is 2.22 bits per heavy atom. The second-order valence-corrected chi connectivity index (χ2v) is 6.53. The maximum atomic E-state index is 11.7. The lowest BCUT2D eigenvalue weighted by molar-refractivity contribution is -0.129. The first kappa shape index (κ1) is 17.9. The quantitative estimate of drug-likeness (QED) is 0.815. The minimum Gasteiger partial charge on any atom is -0.344 e. The molecule has 0 aliphatic heterocycles. The zero-order valence-electron chi connectivity index (χ0n) is 10.7. The molecule has 0 atom stereocenters. The molecule has 1 amide bonds. The molecular formula is C12H20BrClN2OS. The average Bonchev–Trinajstić information content (AvgIpc) is 2.71.